The molecule has 1 unspecified atom stereocenters. The maximum absolute atomic E-state index is 13.7. The van der Waals surface area contributed by atoms with Gasteiger partial charge in [-0.2, -0.15) is 0 Å². The highest BCUT2D eigenvalue weighted by atomic mass is 19.2. The first kappa shape index (κ1) is 22.9. The van der Waals surface area contributed by atoms with Crippen LogP contribution in [0.5, 0.6) is 0 Å². The lowest BCUT2D eigenvalue weighted by atomic mass is 10.2. The van der Waals surface area contributed by atoms with Crippen LogP contribution >= 0.6 is 0 Å². The van der Waals surface area contributed by atoms with E-state index in [-0.39, 0.29) is 18.6 Å². The minimum atomic E-state index is -1.65. The molecule has 170 valence electrons. The van der Waals surface area contributed by atoms with Crippen LogP contribution in [0.1, 0.15) is 19.8 Å². The van der Waals surface area contributed by atoms with E-state index in [4.69, 9.17) is 4.74 Å². The van der Waals surface area contributed by atoms with Gasteiger partial charge in [-0.3, -0.25) is 9.59 Å². The molecule has 0 radical (unpaired) electrons. The second kappa shape index (κ2) is 10.5. The Bertz CT molecular complexity index is 838. The molecule has 3 rings (SSSR count). The Morgan fingerprint density at radius 3 is 2.48 bits per heavy atom. The first-order valence-electron chi connectivity index (χ1n) is 10.3. The molecule has 0 bridgehead atoms. The summed E-state index contributed by atoms with van der Waals surface area (Å²) in [5.74, 6) is -4.63. The van der Waals surface area contributed by atoms with Crippen molar-refractivity contribution in [2.24, 2.45) is 4.99 Å². The summed E-state index contributed by atoms with van der Waals surface area (Å²) in [5, 5.41) is 5.27. The van der Waals surface area contributed by atoms with Gasteiger partial charge in [-0.15, -0.1) is 0 Å². The Morgan fingerprint density at radius 1 is 1.13 bits per heavy atom. The van der Waals surface area contributed by atoms with Crippen molar-refractivity contribution < 1.29 is 27.5 Å². The average Bonchev–Trinajstić information content (AvgIpc) is 3.32. The van der Waals surface area contributed by atoms with Crippen molar-refractivity contribution in [3.63, 3.8) is 0 Å². The summed E-state index contributed by atoms with van der Waals surface area (Å²) in [4.78, 5) is 32.5. The number of aliphatic imine (C=N–C) groups is 1. The van der Waals surface area contributed by atoms with Gasteiger partial charge in [0, 0.05) is 39.3 Å². The van der Waals surface area contributed by atoms with Gasteiger partial charge in [-0.05, 0) is 31.9 Å². The van der Waals surface area contributed by atoms with Crippen LogP contribution < -0.4 is 10.6 Å². The van der Waals surface area contributed by atoms with E-state index >= 15 is 0 Å². The molecule has 0 spiro atoms. The number of hydrogen-bond donors (Lipinski definition) is 2. The van der Waals surface area contributed by atoms with Crippen LogP contribution in [0.4, 0.5) is 18.9 Å². The Morgan fingerprint density at radius 2 is 1.84 bits per heavy atom. The van der Waals surface area contributed by atoms with Crippen molar-refractivity contribution in [2.45, 2.75) is 25.9 Å². The molecule has 0 saturated carbocycles. The number of piperazine rings is 1. The van der Waals surface area contributed by atoms with Crippen LogP contribution in [-0.2, 0) is 14.3 Å². The van der Waals surface area contributed by atoms with E-state index in [0.717, 1.165) is 25.0 Å². The number of anilines is 1. The standard InChI is InChI=1S/C20H26F3N5O3/c1-2-24-20(25-12-16(29)26-14-6-5-13(21)17(22)18(14)23)28-9-7-27(8-10-28)19(30)15-4-3-11-31-15/h5-6,15H,2-4,7-12H2,1H3,(H,24,25)(H,26,29). The maximum atomic E-state index is 13.7. The van der Waals surface area contributed by atoms with Gasteiger partial charge in [0.05, 0.1) is 5.69 Å². The minimum absolute atomic E-state index is 0.00650. The third-order valence-electron chi connectivity index (χ3n) is 5.11. The predicted octanol–water partition coefficient (Wildman–Crippen LogP) is 1.33. The van der Waals surface area contributed by atoms with E-state index < -0.39 is 29.0 Å². The number of nitrogens with one attached hydrogen (secondary N) is 2. The van der Waals surface area contributed by atoms with Gasteiger partial charge < -0.3 is 25.2 Å². The van der Waals surface area contributed by atoms with E-state index in [1.807, 2.05) is 11.8 Å². The molecule has 2 N–H and O–H groups in total. The van der Waals surface area contributed by atoms with E-state index in [9.17, 15) is 22.8 Å². The molecule has 1 aromatic carbocycles. The fourth-order valence-electron chi connectivity index (χ4n) is 3.50. The molecule has 2 amide bonds. The lowest BCUT2D eigenvalue weighted by Crippen LogP contribution is -2.55. The molecular formula is C20H26F3N5O3. The summed E-state index contributed by atoms with van der Waals surface area (Å²) in [6.07, 6.45) is 1.29. The molecular weight excluding hydrogens is 415 g/mol. The first-order valence-corrected chi connectivity index (χ1v) is 10.3. The zero-order chi connectivity index (χ0) is 22.4. The van der Waals surface area contributed by atoms with Gasteiger partial charge in [-0.1, -0.05) is 0 Å². The molecule has 2 saturated heterocycles. The number of guanidine groups is 1. The highest BCUT2D eigenvalue weighted by molar-refractivity contribution is 5.94. The number of ether oxygens (including phenoxy) is 1. The van der Waals surface area contributed by atoms with E-state index in [1.54, 1.807) is 4.90 Å². The molecule has 2 fully saturated rings. The topological polar surface area (TPSA) is 86.3 Å². The third kappa shape index (κ3) is 5.66. The molecule has 0 aliphatic carbocycles. The summed E-state index contributed by atoms with van der Waals surface area (Å²) in [7, 11) is 0. The first-order chi connectivity index (χ1) is 14.9. The van der Waals surface area contributed by atoms with Crippen LogP contribution in [0.2, 0.25) is 0 Å². The van der Waals surface area contributed by atoms with Crippen LogP contribution in [0.15, 0.2) is 17.1 Å². The smallest absolute Gasteiger partial charge is 0.251 e. The summed E-state index contributed by atoms with van der Waals surface area (Å²) >= 11 is 0. The number of benzene rings is 1. The van der Waals surface area contributed by atoms with Gasteiger partial charge in [0.25, 0.3) is 5.91 Å². The molecule has 0 aromatic heterocycles. The fourth-order valence-corrected chi connectivity index (χ4v) is 3.50. The lowest BCUT2D eigenvalue weighted by Gasteiger charge is -2.37. The Hall–Kier alpha value is -2.82. The number of carbonyl (C=O) groups excluding carboxylic acids is 2. The van der Waals surface area contributed by atoms with E-state index in [1.165, 1.54) is 0 Å². The van der Waals surface area contributed by atoms with Crippen LogP contribution in [0, 0.1) is 17.5 Å². The molecule has 2 aliphatic rings. The molecule has 2 aliphatic heterocycles. The number of halogens is 3. The highest BCUT2D eigenvalue weighted by Crippen LogP contribution is 2.19. The number of carbonyl (C=O) groups is 2. The normalized spacial score (nSPS) is 19.5. The van der Waals surface area contributed by atoms with Crippen LogP contribution in [0.3, 0.4) is 0 Å². The Labute approximate surface area is 178 Å². The number of nitrogens with zero attached hydrogens (tertiary/aromatic N) is 3. The maximum Gasteiger partial charge on any atom is 0.251 e. The molecule has 2 heterocycles. The Balaban J connectivity index is 1.56. The molecule has 1 atom stereocenters. The number of amides is 2. The van der Waals surface area contributed by atoms with Gasteiger partial charge in [-0.25, -0.2) is 18.2 Å². The summed E-state index contributed by atoms with van der Waals surface area (Å²) in [5.41, 5.74) is -0.453. The predicted molar refractivity (Wildman–Crippen MR) is 108 cm³/mol. The van der Waals surface area contributed by atoms with Gasteiger partial charge in [0.2, 0.25) is 5.91 Å². The Kier molecular flexibility index (Phi) is 7.72. The SMILES string of the molecule is CCNC(=NCC(=O)Nc1ccc(F)c(F)c1F)N1CCN(C(=O)C2CCCO2)CC1. The van der Waals surface area contributed by atoms with E-state index in [0.29, 0.717) is 45.3 Å². The van der Waals surface area contributed by atoms with Crippen molar-refractivity contribution in [1.29, 1.82) is 0 Å². The second-order valence-electron chi connectivity index (χ2n) is 7.26. The van der Waals surface area contributed by atoms with Crippen molar-refractivity contribution in [1.82, 2.24) is 15.1 Å². The second-order valence-corrected chi connectivity index (χ2v) is 7.26. The van der Waals surface area contributed by atoms with Gasteiger partial charge >= 0.3 is 0 Å². The number of rotatable bonds is 5. The fraction of sp³-hybridized carbons (Fsp3) is 0.550. The zero-order valence-electron chi connectivity index (χ0n) is 17.3. The minimum Gasteiger partial charge on any atom is -0.368 e. The molecule has 1 aromatic rings. The summed E-state index contributed by atoms with van der Waals surface area (Å²) < 4.78 is 45.5. The molecule has 31 heavy (non-hydrogen) atoms. The highest BCUT2D eigenvalue weighted by Gasteiger charge is 2.31. The molecule has 8 nitrogen and oxygen atoms in total. The van der Waals surface area contributed by atoms with Crippen molar-refractivity contribution in [2.75, 3.05) is 51.2 Å². The average molecular weight is 441 g/mol. The lowest BCUT2D eigenvalue weighted by molar-refractivity contribution is -0.142. The quantitative estimate of drug-likeness (QED) is 0.409. The van der Waals surface area contributed by atoms with Crippen molar-refractivity contribution in [3.05, 3.63) is 29.6 Å². The summed E-state index contributed by atoms with van der Waals surface area (Å²) in [6, 6.07) is 1.68. The largest absolute Gasteiger partial charge is 0.368 e. The molecule has 11 heteroatoms. The van der Waals surface area contributed by atoms with Crippen molar-refractivity contribution >= 4 is 23.5 Å². The van der Waals surface area contributed by atoms with Gasteiger partial charge in [0.15, 0.2) is 23.4 Å². The number of hydrogen-bond acceptors (Lipinski definition) is 4. The third-order valence-corrected chi connectivity index (χ3v) is 5.11. The van der Waals surface area contributed by atoms with Crippen molar-refractivity contribution in [3.8, 4) is 0 Å². The monoisotopic (exact) mass is 441 g/mol. The zero-order valence-corrected chi connectivity index (χ0v) is 17.3. The van der Waals surface area contributed by atoms with Crippen LogP contribution in [0.25, 0.3) is 0 Å². The van der Waals surface area contributed by atoms with E-state index in [2.05, 4.69) is 15.6 Å². The van der Waals surface area contributed by atoms with Gasteiger partial charge in [0.1, 0.15) is 12.6 Å². The van der Waals surface area contributed by atoms with Crippen LogP contribution in [-0.4, -0.2) is 79.6 Å². The summed E-state index contributed by atoms with van der Waals surface area (Å²) in [6.45, 7) is 4.80.